The molecule has 1 heterocycles. The number of imidazole rings is 1. The summed E-state index contributed by atoms with van der Waals surface area (Å²) in [5.41, 5.74) is 7.45. The van der Waals surface area contributed by atoms with Crippen molar-refractivity contribution in [2.24, 2.45) is 0 Å². The second-order valence-electron chi connectivity index (χ2n) is 3.94. The molecule has 96 valence electrons. The SMILES string of the molecule is Nc1ccc(F)c(F)c1Sc1nc2ccccc2[nH]1. The molecule has 1 aromatic heterocycles. The van der Waals surface area contributed by atoms with Gasteiger partial charge in [0.1, 0.15) is 0 Å². The summed E-state index contributed by atoms with van der Waals surface area (Å²) in [5, 5.41) is 0.470. The zero-order chi connectivity index (χ0) is 13.4. The van der Waals surface area contributed by atoms with E-state index in [0.717, 1.165) is 28.9 Å². The van der Waals surface area contributed by atoms with Crippen LogP contribution >= 0.6 is 11.8 Å². The lowest BCUT2D eigenvalue weighted by atomic mass is 10.3. The van der Waals surface area contributed by atoms with Crippen molar-refractivity contribution in [1.82, 2.24) is 9.97 Å². The fourth-order valence-corrected chi connectivity index (χ4v) is 2.60. The molecule has 0 atom stereocenters. The van der Waals surface area contributed by atoms with Crippen LogP contribution in [0.3, 0.4) is 0 Å². The first kappa shape index (κ1) is 12.0. The number of hydrogen-bond acceptors (Lipinski definition) is 3. The summed E-state index contributed by atoms with van der Waals surface area (Å²) in [6.07, 6.45) is 0. The molecule has 19 heavy (non-hydrogen) atoms. The summed E-state index contributed by atoms with van der Waals surface area (Å²) in [7, 11) is 0. The molecule has 3 N–H and O–H groups in total. The van der Waals surface area contributed by atoms with Gasteiger partial charge in [-0.2, -0.15) is 0 Å². The summed E-state index contributed by atoms with van der Waals surface area (Å²) in [4.78, 5) is 7.35. The number of nitrogens with two attached hydrogens (primary N) is 1. The van der Waals surface area contributed by atoms with E-state index >= 15 is 0 Å². The number of nitrogen functional groups attached to an aromatic ring is 1. The van der Waals surface area contributed by atoms with Gasteiger partial charge in [0, 0.05) is 5.69 Å². The molecule has 2 aromatic carbocycles. The maximum absolute atomic E-state index is 13.7. The summed E-state index contributed by atoms with van der Waals surface area (Å²) >= 11 is 0.974. The Balaban J connectivity index is 2.03. The topological polar surface area (TPSA) is 54.7 Å². The molecule has 0 amide bonds. The van der Waals surface area contributed by atoms with Crippen LogP contribution in [0.5, 0.6) is 0 Å². The highest BCUT2D eigenvalue weighted by Gasteiger charge is 2.15. The normalized spacial score (nSPS) is 11.1. The summed E-state index contributed by atoms with van der Waals surface area (Å²) in [5.74, 6) is -1.88. The average molecular weight is 277 g/mol. The van der Waals surface area contributed by atoms with E-state index in [2.05, 4.69) is 9.97 Å². The monoisotopic (exact) mass is 277 g/mol. The molecular formula is C13H9F2N3S. The van der Waals surface area contributed by atoms with Crippen LogP contribution in [0.15, 0.2) is 46.5 Å². The minimum Gasteiger partial charge on any atom is -0.398 e. The second-order valence-corrected chi connectivity index (χ2v) is 4.94. The van der Waals surface area contributed by atoms with Crippen molar-refractivity contribution in [1.29, 1.82) is 0 Å². The Morgan fingerprint density at radius 3 is 2.68 bits per heavy atom. The molecule has 0 saturated heterocycles. The first-order chi connectivity index (χ1) is 9.15. The van der Waals surface area contributed by atoms with Gasteiger partial charge in [0.05, 0.1) is 15.9 Å². The minimum atomic E-state index is -0.953. The molecule has 0 radical (unpaired) electrons. The largest absolute Gasteiger partial charge is 0.398 e. The first-order valence-electron chi connectivity index (χ1n) is 5.51. The van der Waals surface area contributed by atoms with Crippen molar-refractivity contribution in [3.05, 3.63) is 48.0 Å². The molecule has 3 rings (SSSR count). The molecule has 0 bridgehead atoms. The number of aromatic nitrogens is 2. The number of nitrogens with one attached hydrogen (secondary N) is 1. The van der Waals surface area contributed by atoms with Gasteiger partial charge in [-0.1, -0.05) is 12.1 Å². The van der Waals surface area contributed by atoms with Crippen molar-refractivity contribution in [3.8, 4) is 0 Å². The van der Waals surface area contributed by atoms with Crippen molar-refractivity contribution in [2.45, 2.75) is 10.1 Å². The Labute approximate surface area is 111 Å². The molecule has 0 fully saturated rings. The van der Waals surface area contributed by atoms with E-state index in [1.54, 1.807) is 0 Å². The van der Waals surface area contributed by atoms with Crippen LogP contribution in [-0.4, -0.2) is 9.97 Å². The Morgan fingerprint density at radius 2 is 1.89 bits per heavy atom. The van der Waals surface area contributed by atoms with Crippen LogP contribution in [0.4, 0.5) is 14.5 Å². The summed E-state index contributed by atoms with van der Waals surface area (Å²) in [6.45, 7) is 0. The third kappa shape index (κ3) is 2.15. The number of anilines is 1. The average Bonchev–Trinajstić information content (AvgIpc) is 2.81. The van der Waals surface area contributed by atoms with E-state index in [4.69, 9.17) is 5.73 Å². The summed E-state index contributed by atoms with van der Waals surface area (Å²) in [6, 6.07) is 9.76. The van der Waals surface area contributed by atoms with E-state index in [-0.39, 0.29) is 10.6 Å². The van der Waals surface area contributed by atoms with Crippen LogP contribution in [0.25, 0.3) is 11.0 Å². The summed E-state index contributed by atoms with van der Waals surface area (Å²) < 4.78 is 26.9. The van der Waals surface area contributed by atoms with Crippen LogP contribution in [-0.2, 0) is 0 Å². The molecule has 3 nitrogen and oxygen atoms in total. The van der Waals surface area contributed by atoms with E-state index < -0.39 is 11.6 Å². The van der Waals surface area contributed by atoms with Gasteiger partial charge in [0.2, 0.25) is 0 Å². The predicted molar refractivity (Wildman–Crippen MR) is 71.0 cm³/mol. The smallest absolute Gasteiger partial charge is 0.174 e. The molecule has 0 spiro atoms. The number of halogens is 2. The number of aromatic amines is 1. The van der Waals surface area contributed by atoms with E-state index in [9.17, 15) is 8.78 Å². The molecule has 6 heteroatoms. The molecule has 3 aromatic rings. The van der Waals surface area contributed by atoms with Crippen LogP contribution < -0.4 is 5.73 Å². The molecule has 0 aliphatic heterocycles. The number of benzene rings is 2. The Morgan fingerprint density at radius 1 is 1.11 bits per heavy atom. The van der Waals surface area contributed by atoms with Crippen LogP contribution in [0.2, 0.25) is 0 Å². The highest BCUT2D eigenvalue weighted by Crippen LogP contribution is 2.34. The zero-order valence-electron chi connectivity index (χ0n) is 9.65. The third-order valence-corrected chi connectivity index (χ3v) is 3.65. The van der Waals surface area contributed by atoms with Gasteiger partial charge < -0.3 is 10.7 Å². The van der Waals surface area contributed by atoms with Crippen molar-refractivity contribution in [2.75, 3.05) is 5.73 Å². The number of para-hydroxylation sites is 2. The van der Waals surface area contributed by atoms with E-state index in [1.807, 2.05) is 24.3 Å². The van der Waals surface area contributed by atoms with Gasteiger partial charge in [-0.3, -0.25) is 0 Å². The van der Waals surface area contributed by atoms with E-state index in [1.165, 1.54) is 6.07 Å². The quantitative estimate of drug-likeness (QED) is 0.704. The second kappa shape index (κ2) is 4.55. The van der Waals surface area contributed by atoms with Gasteiger partial charge in [-0.25, -0.2) is 13.8 Å². The fourth-order valence-electron chi connectivity index (χ4n) is 1.73. The number of H-pyrrole nitrogens is 1. The lowest BCUT2D eigenvalue weighted by Gasteiger charge is -2.04. The lowest BCUT2D eigenvalue weighted by Crippen LogP contribution is -1.95. The fraction of sp³-hybridized carbons (Fsp3) is 0. The van der Waals surface area contributed by atoms with Gasteiger partial charge in [-0.05, 0) is 36.0 Å². The molecule has 0 unspecified atom stereocenters. The molecule has 0 aliphatic rings. The number of fused-ring (bicyclic) bond motifs is 1. The van der Waals surface area contributed by atoms with Crippen molar-refractivity contribution >= 4 is 28.5 Å². The van der Waals surface area contributed by atoms with Gasteiger partial charge >= 0.3 is 0 Å². The van der Waals surface area contributed by atoms with Crippen LogP contribution in [0.1, 0.15) is 0 Å². The lowest BCUT2D eigenvalue weighted by molar-refractivity contribution is 0.492. The van der Waals surface area contributed by atoms with Crippen molar-refractivity contribution < 1.29 is 8.78 Å². The highest BCUT2D eigenvalue weighted by atomic mass is 32.2. The Hall–Kier alpha value is -2.08. The zero-order valence-corrected chi connectivity index (χ0v) is 10.5. The minimum absolute atomic E-state index is 0.0408. The molecule has 0 aliphatic carbocycles. The third-order valence-electron chi connectivity index (χ3n) is 2.65. The predicted octanol–water partition coefficient (Wildman–Crippen LogP) is 3.57. The number of nitrogens with zero attached hydrogens (tertiary/aromatic N) is 1. The Bertz CT molecular complexity index is 722. The Kier molecular flexibility index (Phi) is 2.87. The maximum Gasteiger partial charge on any atom is 0.174 e. The number of hydrogen-bond donors (Lipinski definition) is 2. The van der Waals surface area contributed by atoms with Crippen LogP contribution in [0, 0.1) is 11.6 Å². The molecular weight excluding hydrogens is 268 g/mol. The van der Waals surface area contributed by atoms with E-state index in [0.29, 0.717) is 5.16 Å². The standard InChI is InChI=1S/C13H9F2N3S/c14-7-5-6-8(16)12(11(7)15)19-13-17-9-3-1-2-4-10(9)18-13/h1-6H,16H2,(H,17,18). The van der Waals surface area contributed by atoms with Gasteiger partial charge in [0.15, 0.2) is 16.8 Å². The van der Waals surface area contributed by atoms with Crippen molar-refractivity contribution in [3.63, 3.8) is 0 Å². The highest BCUT2D eigenvalue weighted by molar-refractivity contribution is 7.99. The maximum atomic E-state index is 13.7. The van der Waals surface area contributed by atoms with Gasteiger partial charge in [-0.15, -0.1) is 0 Å². The number of rotatable bonds is 2. The molecule has 0 saturated carbocycles. The first-order valence-corrected chi connectivity index (χ1v) is 6.33. The van der Waals surface area contributed by atoms with Gasteiger partial charge in [0.25, 0.3) is 0 Å².